The van der Waals surface area contributed by atoms with Crippen LogP contribution in [0.3, 0.4) is 0 Å². The average molecular weight is 340 g/mol. The van der Waals surface area contributed by atoms with E-state index in [1.807, 2.05) is 37.4 Å². The number of anilines is 3. The second kappa shape index (κ2) is 7.80. The molecule has 25 heavy (non-hydrogen) atoms. The minimum absolute atomic E-state index is 0.0370. The number of nitrogens with two attached hydrogens (primary N) is 1. The lowest BCUT2D eigenvalue weighted by Gasteiger charge is -2.30. The number of benzene rings is 1. The molecule has 1 saturated heterocycles. The summed E-state index contributed by atoms with van der Waals surface area (Å²) >= 11 is 0. The smallest absolute Gasteiger partial charge is 0.229 e. The van der Waals surface area contributed by atoms with Crippen molar-refractivity contribution in [3.63, 3.8) is 0 Å². The topological polar surface area (TPSA) is 79.1 Å². The standard InChI is InChI=1S/C19H28N6/c1-13(2)17-12-22-19(24-18(17)25-10-8-21-9-11-25)23-16-6-4-15(5-7-16)14(3)20/h4-7,12-14,21H,8-11,20H2,1-3H3,(H,22,23,24). The Morgan fingerprint density at radius 3 is 2.40 bits per heavy atom. The molecule has 0 amide bonds. The minimum Gasteiger partial charge on any atom is -0.354 e. The van der Waals surface area contributed by atoms with Gasteiger partial charge >= 0.3 is 0 Å². The van der Waals surface area contributed by atoms with E-state index in [1.54, 1.807) is 0 Å². The molecule has 1 fully saturated rings. The fourth-order valence-electron chi connectivity index (χ4n) is 2.98. The maximum Gasteiger partial charge on any atom is 0.229 e. The molecule has 1 aromatic carbocycles. The summed E-state index contributed by atoms with van der Waals surface area (Å²) in [7, 11) is 0. The summed E-state index contributed by atoms with van der Waals surface area (Å²) in [5.41, 5.74) is 9.18. The Hall–Kier alpha value is -2.18. The van der Waals surface area contributed by atoms with Crippen LogP contribution in [0.2, 0.25) is 0 Å². The first-order valence-corrected chi connectivity index (χ1v) is 8.99. The summed E-state index contributed by atoms with van der Waals surface area (Å²) < 4.78 is 0. The van der Waals surface area contributed by atoms with Gasteiger partial charge in [0.15, 0.2) is 0 Å². The van der Waals surface area contributed by atoms with Crippen molar-refractivity contribution in [2.75, 3.05) is 36.4 Å². The van der Waals surface area contributed by atoms with Crippen molar-refractivity contribution in [2.24, 2.45) is 5.73 Å². The number of rotatable bonds is 5. The molecular weight excluding hydrogens is 312 g/mol. The van der Waals surface area contributed by atoms with Crippen molar-refractivity contribution >= 4 is 17.5 Å². The second-order valence-corrected chi connectivity index (χ2v) is 6.90. The Bertz CT molecular complexity index is 690. The zero-order chi connectivity index (χ0) is 17.8. The largest absolute Gasteiger partial charge is 0.354 e. The van der Waals surface area contributed by atoms with Crippen molar-refractivity contribution < 1.29 is 0 Å². The van der Waals surface area contributed by atoms with Crippen LogP contribution in [0.5, 0.6) is 0 Å². The maximum atomic E-state index is 5.91. The van der Waals surface area contributed by atoms with Crippen molar-refractivity contribution in [1.29, 1.82) is 0 Å². The van der Waals surface area contributed by atoms with E-state index in [9.17, 15) is 0 Å². The molecule has 0 radical (unpaired) electrons. The zero-order valence-electron chi connectivity index (χ0n) is 15.3. The molecule has 1 unspecified atom stereocenters. The first-order valence-electron chi connectivity index (χ1n) is 8.99. The van der Waals surface area contributed by atoms with E-state index < -0.39 is 0 Å². The fourth-order valence-corrected chi connectivity index (χ4v) is 2.98. The highest BCUT2D eigenvalue weighted by Crippen LogP contribution is 2.27. The van der Waals surface area contributed by atoms with Crippen LogP contribution in [0, 0.1) is 0 Å². The van der Waals surface area contributed by atoms with Crippen molar-refractivity contribution in [3.8, 4) is 0 Å². The van der Waals surface area contributed by atoms with Gasteiger partial charge in [0.05, 0.1) is 0 Å². The average Bonchev–Trinajstić information content (AvgIpc) is 2.62. The Balaban J connectivity index is 1.84. The van der Waals surface area contributed by atoms with Crippen LogP contribution >= 0.6 is 0 Å². The van der Waals surface area contributed by atoms with Gasteiger partial charge in [0, 0.05) is 49.7 Å². The number of piperazine rings is 1. The first-order chi connectivity index (χ1) is 12.0. The zero-order valence-corrected chi connectivity index (χ0v) is 15.3. The molecule has 134 valence electrons. The number of hydrogen-bond donors (Lipinski definition) is 3. The summed E-state index contributed by atoms with van der Waals surface area (Å²) in [5.74, 6) is 2.07. The van der Waals surface area contributed by atoms with E-state index in [0.29, 0.717) is 11.9 Å². The van der Waals surface area contributed by atoms with Crippen molar-refractivity contribution in [1.82, 2.24) is 15.3 Å². The predicted molar refractivity (Wildman–Crippen MR) is 104 cm³/mol. The van der Waals surface area contributed by atoms with E-state index >= 15 is 0 Å². The summed E-state index contributed by atoms with van der Waals surface area (Å²) in [6, 6.07) is 8.14. The highest BCUT2D eigenvalue weighted by molar-refractivity contribution is 5.58. The summed E-state index contributed by atoms with van der Waals surface area (Å²) in [5, 5.41) is 6.70. The van der Waals surface area contributed by atoms with Gasteiger partial charge in [0.2, 0.25) is 5.95 Å². The van der Waals surface area contributed by atoms with Gasteiger partial charge in [0.1, 0.15) is 5.82 Å². The third kappa shape index (κ3) is 4.27. The Morgan fingerprint density at radius 1 is 1.12 bits per heavy atom. The fraction of sp³-hybridized carbons (Fsp3) is 0.474. The minimum atomic E-state index is 0.0370. The van der Waals surface area contributed by atoms with E-state index in [-0.39, 0.29) is 6.04 Å². The molecule has 6 heteroatoms. The van der Waals surface area contributed by atoms with E-state index in [0.717, 1.165) is 43.2 Å². The Morgan fingerprint density at radius 2 is 1.80 bits per heavy atom. The molecule has 0 bridgehead atoms. The number of nitrogens with zero attached hydrogens (tertiary/aromatic N) is 3. The molecule has 3 rings (SSSR count). The van der Waals surface area contributed by atoms with Crippen LogP contribution in [0.4, 0.5) is 17.5 Å². The van der Waals surface area contributed by atoms with Gasteiger partial charge in [-0.25, -0.2) is 4.98 Å². The van der Waals surface area contributed by atoms with Gasteiger partial charge in [-0.1, -0.05) is 26.0 Å². The lowest BCUT2D eigenvalue weighted by Crippen LogP contribution is -2.44. The summed E-state index contributed by atoms with van der Waals surface area (Å²) in [6.45, 7) is 10.3. The maximum absolute atomic E-state index is 5.91. The molecule has 1 aliphatic rings. The van der Waals surface area contributed by atoms with Crippen LogP contribution < -0.4 is 21.3 Å². The number of hydrogen-bond acceptors (Lipinski definition) is 6. The van der Waals surface area contributed by atoms with Crippen LogP contribution in [0.15, 0.2) is 30.5 Å². The monoisotopic (exact) mass is 340 g/mol. The quantitative estimate of drug-likeness (QED) is 0.777. The number of aromatic nitrogens is 2. The molecule has 0 spiro atoms. The van der Waals surface area contributed by atoms with Gasteiger partial charge in [-0.05, 0) is 30.5 Å². The summed E-state index contributed by atoms with van der Waals surface area (Å²) in [4.78, 5) is 11.7. The molecule has 0 aliphatic carbocycles. The van der Waals surface area contributed by atoms with Gasteiger partial charge < -0.3 is 21.3 Å². The second-order valence-electron chi connectivity index (χ2n) is 6.90. The van der Waals surface area contributed by atoms with Crippen LogP contribution in [0.1, 0.15) is 43.9 Å². The lowest BCUT2D eigenvalue weighted by molar-refractivity contribution is 0.581. The number of nitrogens with one attached hydrogen (secondary N) is 2. The third-order valence-electron chi connectivity index (χ3n) is 4.53. The van der Waals surface area contributed by atoms with Gasteiger partial charge in [-0.3, -0.25) is 0 Å². The molecule has 0 saturated carbocycles. The van der Waals surface area contributed by atoms with Crippen LogP contribution in [0.25, 0.3) is 0 Å². The molecule has 6 nitrogen and oxygen atoms in total. The van der Waals surface area contributed by atoms with E-state index in [4.69, 9.17) is 10.7 Å². The van der Waals surface area contributed by atoms with Crippen LogP contribution in [-0.4, -0.2) is 36.1 Å². The first kappa shape index (κ1) is 17.6. The third-order valence-corrected chi connectivity index (χ3v) is 4.53. The van der Waals surface area contributed by atoms with Gasteiger partial charge in [0.25, 0.3) is 0 Å². The molecule has 4 N–H and O–H groups in total. The van der Waals surface area contributed by atoms with E-state index in [1.165, 1.54) is 5.56 Å². The molecule has 1 atom stereocenters. The Kier molecular flexibility index (Phi) is 5.50. The highest BCUT2D eigenvalue weighted by atomic mass is 15.3. The molecule has 1 aromatic heterocycles. The van der Waals surface area contributed by atoms with Gasteiger partial charge in [-0.15, -0.1) is 0 Å². The van der Waals surface area contributed by atoms with E-state index in [2.05, 4.69) is 34.4 Å². The molecule has 2 heterocycles. The predicted octanol–water partition coefficient (Wildman–Crippen LogP) is 2.77. The molecule has 1 aliphatic heterocycles. The molecular formula is C19H28N6. The highest BCUT2D eigenvalue weighted by Gasteiger charge is 2.18. The lowest BCUT2D eigenvalue weighted by atomic mass is 10.1. The van der Waals surface area contributed by atoms with Crippen molar-refractivity contribution in [3.05, 3.63) is 41.6 Å². The molecule has 2 aromatic rings. The van der Waals surface area contributed by atoms with Crippen LogP contribution in [-0.2, 0) is 0 Å². The van der Waals surface area contributed by atoms with Crippen molar-refractivity contribution in [2.45, 2.75) is 32.7 Å². The SMILES string of the molecule is CC(C)c1cnc(Nc2ccc(C(C)N)cc2)nc1N1CCNCC1. The summed E-state index contributed by atoms with van der Waals surface area (Å²) in [6.07, 6.45) is 1.95. The normalized spacial score (nSPS) is 16.1. The van der Waals surface area contributed by atoms with Gasteiger partial charge in [-0.2, -0.15) is 4.98 Å². The Labute approximate surface area is 149 Å².